The molecule has 0 unspecified atom stereocenters. The minimum Gasteiger partial charge on any atom is -0.465 e. The molecule has 164 valence electrons. The number of carbonyl (C=O) groups excluding carboxylic acids is 1. The Balaban J connectivity index is 1.94. The van der Waals surface area contributed by atoms with Gasteiger partial charge in [0.05, 0.1) is 17.6 Å². The van der Waals surface area contributed by atoms with E-state index in [1.165, 1.54) is 24.4 Å². The summed E-state index contributed by atoms with van der Waals surface area (Å²) in [6.45, 7) is 4.88. The van der Waals surface area contributed by atoms with Crippen LogP contribution in [0.4, 0.5) is 17.1 Å². The fraction of sp³-hybridized carbons (Fsp3) is 0.348. The predicted molar refractivity (Wildman–Crippen MR) is 123 cm³/mol. The molecule has 2 aromatic carbocycles. The molecule has 0 amide bonds. The molecule has 1 saturated heterocycles. The number of nitro groups is 1. The van der Waals surface area contributed by atoms with Crippen molar-refractivity contribution < 1.29 is 14.5 Å². The third-order valence-corrected chi connectivity index (χ3v) is 5.38. The van der Waals surface area contributed by atoms with E-state index in [1.807, 2.05) is 36.0 Å². The summed E-state index contributed by atoms with van der Waals surface area (Å²) in [7, 11) is 5.00. The smallest absolute Gasteiger partial charge is 0.338 e. The summed E-state index contributed by atoms with van der Waals surface area (Å²) < 4.78 is 4.85. The lowest BCUT2D eigenvalue weighted by Gasteiger charge is -2.37. The number of rotatable bonds is 6. The molecular weight excluding hydrogens is 396 g/mol. The molecule has 8 heteroatoms. The van der Waals surface area contributed by atoms with Crippen LogP contribution in [0.5, 0.6) is 0 Å². The van der Waals surface area contributed by atoms with Crippen LogP contribution in [-0.2, 0) is 4.74 Å². The normalized spacial score (nSPS) is 14.1. The van der Waals surface area contributed by atoms with Crippen LogP contribution < -0.4 is 9.80 Å². The quantitative estimate of drug-likeness (QED) is 0.399. The molecule has 0 N–H and O–H groups in total. The van der Waals surface area contributed by atoms with E-state index >= 15 is 0 Å². The molecule has 0 aromatic heterocycles. The van der Waals surface area contributed by atoms with Gasteiger partial charge in [-0.1, -0.05) is 18.2 Å². The van der Waals surface area contributed by atoms with Crippen molar-refractivity contribution in [1.29, 1.82) is 0 Å². The van der Waals surface area contributed by atoms with Gasteiger partial charge in [0, 0.05) is 52.0 Å². The Morgan fingerprint density at radius 3 is 2.26 bits per heavy atom. The largest absolute Gasteiger partial charge is 0.465 e. The lowest BCUT2D eigenvalue weighted by Crippen LogP contribution is -2.47. The third-order valence-electron chi connectivity index (χ3n) is 5.38. The number of anilines is 2. The summed E-state index contributed by atoms with van der Waals surface area (Å²) in [5.74, 6) is -0.600. The van der Waals surface area contributed by atoms with Crippen LogP contribution >= 0.6 is 0 Å². The highest BCUT2D eigenvalue weighted by Gasteiger charge is 2.27. The van der Waals surface area contributed by atoms with Crippen LogP contribution in [0.15, 0.2) is 42.6 Å². The number of carbonyl (C=O) groups is 1. The zero-order valence-electron chi connectivity index (χ0n) is 18.4. The fourth-order valence-corrected chi connectivity index (χ4v) is 3.75. The zero-order valence-corrected chi connectivity index (χ0v) is 18.4. The van der Waals surface area contributed by atoms with Gasteiger partial charge in [-0.25, -0.2) is 4.79 Å². The van der Waals surface area contributed by atoms with E-state index in [0.29, 0.717) is 24.3 Å². The number of nitrogens with zero attached hydrogens (tertiary/aromatic N) is 4. The molecule has 0 saturated carbocycles. The van der Waals surface area contributed by atoms with E-state index < -0.39 is 10.9 Å². The topological polar surface area (TPSA) is 79.2 Å². The number of benzene rings is 2. The first-order chi connectivity index (χ1) is 14.8. The second kappa shape index (κ2) is 9.51. The molecular formula is C23H28N4O4. The molecule has 8 nitrogen and oxygen atoms in total. The van der Waals surface area contributed by atoms with Gasteiger partial charge in [0.15, 0.2) is 0 Å². The first-order valence-electron chi connectivity index (χ1n) is 10.1. The Bertz CT molecular complexity index is 995. The summed E-state index contributed by atoms with van der Waals surface area (Å²) >= 11 is 0. The van der Waals surface area contributed by atoms with Crippen molar-refractivity contribution in [2.45, 2.75) is 6.92 Å². The average Bonchev–Trinajstić information content (AvgIpc) is 2.77. The van der Waals surface area contributed by atoms with E-state index in [4.69, 9.17) is 4.74 Å². The van der Waals surface area contributed by atoms with Crippen molar-refractivity contribution in [2.24, 2.45) is 0 Å². The number of esters is 1. The van der Waals surface area contributed by atoms with Crippen LogP contribution in [0.2, 0.25) is 0 Å². The molecule has 1 aliphatic rings. The maximum absolute atomic E-state index is 12.3. The third kappa shape index (κ3) is 4.96. The van der Waals surface area contributed by atoms with Crippen LogP contribution in [0.3, 0.4) is 0 Å². The van der Waals surface area contributed by atoms with Gasteiger partial charge in [-0.3, -0.25) is 10.1 Å². The number of hydrogen-bond donors (Lipinski definition) is 0. The summed E-state index contributed by atoms with van der Waals surface area (Å²) in [4.78, 5) is 29.8. The molecule has 1 aliphatic heterocycles. The van der Waals surface area contributed by atoms with Crippen molar-refractivity contribution in [1.82, 2.24) is 4.90 Å². The number of aryl methyl sites for hydroxylation is 1. The van der Waals surface area contributed by atoms with Gasteiger partial charge in [0.25, 0.3) is 5.69 Å². The molecule has 1 heterocycles. The number of hydrogen-bond acceptors (Lipinski definition) is 7. The molecule has 31 heavy (non-hydrogen) atoms. The van der Waals surface area contributed by atoms with Crippen molar-refractivity contribution in [3.63, 3.8) is 0 Å². The second-order valence-corrected chi connectivity index (χ2v) is 7.72. The molecule has 3 rings (SSSR count). The molecule has 1 fully saturated rings. The van der Waals surface area contributed by atoms with Crippen LogP contribution in [0.1, 0.15) is 21.5 Å². The van der Waals surface area contributed by atoms with Gasteiger partial charge in [-0.2, -0.15) is 0 Å². The highest BCUT2D eigenvalue weighted by molar-refractivity contribution is 5.96. The Morgan fingerprint density at radius 1 is 1.10 bits per heavy atom. The summed E-state index contributed by atoms with van der Waals surface area (Å²) in [6, 6.07) is 11.3. The SMILES string of the molecule is COC(=O)c1cc([N+](=O)[O-])c(N2CCN(c3ccccc3C)CC2)cc1C=CN(C)C. The Hall–Kier alpha value is -3.55. The van der Waals surface area contributed by atoms with Crippen molar-refractivity contribution in [3.8, 4) is 0 Å². The summed E-state index contributed by atoms with van der Waals surface area (Å²) in [5.41, 5.74) is 3.58. The fourth-order valence-electron chi connectivity index (χ4n) is 3.75. The molecule has 0 aliphatic carbocycles. The Kier molecular flexibility index (Phi) is 6.79. The molecule has 0 spiro atoms. The Morgan fingerprint density at radius 2 is 1.71 bits per heavy atom. The number of methoxy groups -OCH3 is 1. The second-order valence-electron chi connectivity index (χ2n) is 7.72. The van der Waals surface area contributed by atoms with Crippen molar-refractivity contribution in [3.05, 3.63) is 69.4 Å². The monoisotopic (exact) mass is 424 g/mol. The van der Waals surface area contributed by atoms with E-state index in [9.17, 15) is 14.9 Å². The molecule has 2 aromatic rings. The maximum atomic E-state index is 12.3. The van der Waals surface area contributed by atoms with Gasteiger partial charge in [0.1, 0.15) is 5.69 Å². The highest BCUT2D eigenvalue weighted by Crippen LogP contribution is 2.34. The molecule has 0 radical (unpaired) electrons. The Labute approximate surface area is 182 Å². The standard InChI is InChI=1S/C23H28N4O4/c1-17-7-5-6-8-20(17)25-11-13-26(14-12-25)21-15-18(9-10-24(2)3)19(23(28)31-4)16-22(21)27(29)30/h5-10,15-16H,11-14H2,1-4H3. The minimum absolute atomic E-state index is 0.0910. The first-order valence-corrected chi connectivity index (χ1v) is 10.1. The van der Waals surface area contributed by atoms with Crippen LogP contribution in [0, 0.1) is 17.0 Å². The highest BCUT2D eigenvalue weighted by atomic mass is 16.6. The number of nitro benzene ring substituents is 1. The predicted octanol–water partition coefficient (Wildman–Crippen LogP) is 3.55. The number of ether oxygens (including phenoxy) is 1. The molecule has 0 bridgehead atoms. The van der Waals surface area contributed by atoms with Crippen molar-refractivity contribution in [2.75, 3.05) is 57.2 Å². The van der Waals surface area contributed by atoms with Crippen LogP contribution in [-0.4, -0.2) is 63.2 Å². The van der Waals surface area contributed by atoms with Gasteiger partial charge in [-0.05, 0) is 42.5 Å². The average molecular weight is 425 g/mol. The van der Waals surface area contributed by atoms with Crippen molar-refractivity contribution >= 4 is 29.1 Å². The maximum Gasteiger partial charge on any atom is 0.338 e. The van der Waals surface area contributed by atoms with E-state index in [0.717, 1.165) is 13.1 Å². The van der Waals surface area contributed by atoms with Gasteiger partial charge in [0.2, 0.25) is 0 Å². The number of para-hydroxylation sites is 1. The number of piperazine rings is 1. The lowest BCUT2D eigenvalue weighted by molar-refractivity contribution is -0.384. The summed E-state index contributed by atoms with van der Waals surface area (Å²) in [6.07, 6.45) is 3.57. The van der Waals surface area contributed by atoms with Gasteiger partial charge < -0.3 is 19.4 Å². The molecule has 0 atom stereocenters. The van der Waals surface area contributed by atoms with E-state index in [1.54, 1.807) is 18.3 Å². The van der Waals surface area contributed by atoms with E-state index in [-0.39, 0.29) is 11.3 Å². The zero-order chi connectivity index (χ0) is 22.5. The van der Waals surface area contributed by atoms with Gasteiger partial charge in [-0.15, -0.1) is 0 Å². The lowest BCUT2D eigenvalue weighted by atomic mass is 10.0. The van der Waals surface area contributed by atoms with Crippen LogP contribution in [0.25, 0.3) is 6.08 Å². The van der Waals surface area contributed by atoms with E-state index in [2.05, 4.69) is 24.0 Å². The first kappa shape index (κ1) is 22.1. The minimum atomic E-state index is -0.600. The summed E-state index contributed by atoms with van der Waals surface area (Å²) in [5, 5.41) is 11.8. The van der Waals surface area contributed by atoms with Gasteiger partial charge >= 0.3 is 5.97 Å².